The van der Waals surface area contributed by atoms with Crippen LogP contribution in [0.2, 0.25) is 10.0 Å². The third-order valence-corrected chi connectivity index (χ3v) is 3.32. The number of aromatic amines is 1. The molecule has 0 saturated carbocycles. The molecule has 4 nitrogen and oxygen atoms in total. The molecular formula is C11H7Cl2NO3. The number of aromatic carboxylic acids is 1. The molecule has 1 heterocycles. The molecular weight excluding hydrogens is 265 g/mol. The fraction of sp³-hybridized carbons (Fsp3) is 0.0909. The summed E-state index contributed by atoms with van der Waals surface area (Å²) in [4.78, 5) is 25.5. The van der Waals surface area contributed by atoms with Gasteiger partial charge in [0, 0.05) is 10.9 Å². The second-order valence-corrected chi connectivity index (χ2v) is 4.33. The maximum atomic E-state index is 11.9. The number of carboxylic acid groups (broad SMARTS) is 1. The number of carbonyl (C=O) groups is 1. The minimum atomic E-state index is -1.21. The normalized spacial score (nSPS) is 10.8. The Balaban J connectivity index is 3.02. The van der Waals surface area contributed by atoms with Crippen molar-refractivity contribution in [3.05, 3.63) is 43.7 Å². The Morgan fingerprint density at radius 1 is 1.35 bits per heavy atom. The Labute approximate surface area is 106 Å². The maximum Gasteiger partial charge on any atom is 0.352 e. The molecule has 0 saturated heterocycles. The number of hydrogen-bond acceptors (Lipinski definition) is 2. The van der Waals surface area contributed by atoms with Crippen LogP contribution in [0.4, 0.5) is 0 Å². The summed E-state index contributed by atoms with van der Waals surface area (Å²) in [7, 11) is 0. The van der Waals surface area contributed by atoms with Gasteiger partial charge in [0.15, 0.2) is 5.43 Å². The van der Waals surface area contributed by atoms with Crippen LogP contribution < -0.4 is 5.43 Å². The summed E-state index contributed by atoms with van der Waals surface area (Å²) < 4.78 is 0. The summed E-state index contributed by atoms with van der Waals surface area (Å²) >= 11 is 11.7. The van der Waals surface area contributed by atoms with Crippen molar-refractivity contribution in [2.45, 2.75) is 6.92 Å². The first-order valence-corrected chi connectivity index (χ1v) is 5.43. The van der Waals surface area contributed by atoms with E-state index in [2.05, 4.69) is 4.98 Å². The maximum absolute atomic E-state index is 11.9. The second-order valence-electron chi connectivity index (χ2n) is 3.54. The molecule has 88 valence electrons. The van der Waals surface area contributed by atoms with E-state index in [0.29, 0.717) is 5.39 Å². The van der Waals surface area contributed by atoms with Gasteiger partial charge in [-0.15, -0.1) is 0 Å². The number of carboxylic acids is 1. The number of halogens is 2. The SMILES string of the molecule is Cc1c(C(=O)O)[nH]c2c(Cl)c(Cl)ccc2c1=O. The van der Waals surface area contributed by atoms with Crippen LogP contribution in [0.3, 0.4) is 0 Å². The van der Waals surface area contributed by atoms with Crippen molar-refractivity contribution in [3.8, 4) is 0 Å². The number of benzene rings is 1. The van der Waals surface area contributed by atoms with Crippen molar-refractivity contribution in [3.63, 3.8) is 0 Å². The molecule has 0 atom stereocenters. The molecule has 0 amide bonds. The van der Waals surface area contributed by atoms with Crippen molar-refractivity contribution in [2.75, 3.05) is 0 Å². The zero-order valence-corrected chi connectivity index (χ0v) is 10.2. The van der Waals surface area contributed by atoms with Gasteiger partial charge in [-0.05, 0) is 19.1 Å². The summed E-state index contributed by atoms with van der Waals surface area (Å²) in [5, 5.41) is 9.69. The van der Waals surface area contributed by atoms with E-state index >= 15 is 0 Å². The molecule has 1 aromatic carbocycles. The van der Waals surface area contributed by atoms with Gasteiger partial charge in [0.2, 0.25) is 0 Å². The van der Waals surface area contributed by atoms with Gasteiger partial charge in [-0.3, -0.25) is 4.79 Å². The lowest BCUT2D eigenvalue weighted by atomic mass is 10.1. The van der Waals surface area contributed by atoms with E-state index in [0.717, 1.165) is 0 Å². The van der Waals surface area contributed by atoms with E-state index in [9.17, 15) is 9.59 Å². The van der Waals surface area contributed by atoms with Crippen LogP contribution in [0, 0.1) is 6.92 Å². The van der Waals surface area contributed by atoms with Crippen molar-refractivity contribution < 1.29 is 9.90 Å². The molecule has 0 fully saturated rings. The quantitative estimate of drug-likeness (QED) is 0.838. The number of nitrogens with one attached hydrogen (secondary N) is 1. The third kappa shape index (κ3) is 1.79. The summed E-state index contributed by atoms with van der Waals surface area (Å²) in [6.45, 7) is 1.45. The Kier molecular flexibility index (Phi) is 2.85. The lowest BCUT2D eigenvalue weighted by Crippen LogP contribution is -2.15. The van der Waals surface area contributed by atoms with Crippen LogP contribution in [0.1, 0.15) is 16.1 Å². The summed E-state index contributed by atoms with van der Waals surface area (Å²) in [6.07, 6.45) is 0. The van der Waals surface area contributed by atoms with Gasteiger partial charge in [-0.25, -0.2) is 4.79 Å². The summed E-state index contributed by atoms with van der Waals surface area (Å²) in [6, 6.07) is 3.02. The first-order valence-electron chi connectivity index (χ1n) is 4.67. The Bertz CT molecular complexity index is 691. The van der Waals surface area contributed by atoms with Crippen molar-refractivity contribution in [1.29, 1.82) is 0 Å². The number of fused-ring (bicyclic) bond motifs is 1. The van der Waals surface area contributed by atoms with Crippen LogP contribution >= 0.6 is 23.2 Å². The molecule has 2 rings (SSSR count). The van der Waals surface area contributed by atoms with E-state index < -0.39 is 5.97 Å². The lowest BCUT2D eigenvalue weighted by molar-refractivity contribution is 0.0690. The summed E-state index contributed by atoms with van der Waals surface area (Å²) in [5.74, 6) is -1.21. The molecule has 0 aliphatic rings. The number of aromatic nitrogens is 1. The lowest BCUT2D eigenvalue weighted by Gasteiger charge is -2.06. The number of pyridine rings is 1. The van der Waals surface area contributed by atoms with Crippen LogP contribution in [0.15, 0.2) is 16.9 Å². The predicted octanol–water partition coefficient (Wildman–Crippen LogP) is 2.84. The molecule has 17 heavy (non-hydrogen) atoms. The minimum Gasteiger partial charge on any atom is -0.477 e. The Morgan fingerprint density at radius 2 is 2.00 bits per heavy atom. The van der Waals surface area contributed by atoms with Gasteiger partial charge < -0.3 is 10.1 Å². The molecule has 6 heteroatoms. The highest BCUT2D eigenvalue weighted by molar-refractivity contribution is 6.45. The first kappa shape index (κ1) is 12.0. The first-order chi connectivity index (χ1) is 7.93. The second kappa shape index (κ2) is 4.05. The predicted molar refractivity (Wildman–Crippen MR) is 66.3 cm³/mol. The molecule has 1 aromatic heterocycles. The fourth-order valence-electron chi connectivity index (χ4n) is 1.61. The average molecular weight is 272 g/mol. The van der Waals surface area contributed by atoms with E-state index in [-0.39, 0.29) is 32.2 Å². The third-order valence-electron chi connectivity index (χ3n) is 2.52. The molecule has 0 unspecified atom stereocenters. The highest BCUT2D eigenvalue weighted by Crippen LogP contribution is 2.28. The zero-order valence-electron chi connectivity index (χ0n) is 8.67. The number of hydrogen-bond donors (Lipinski definition) is 2. The smallest absolute Gasteiger partial charge is 0.352 e. The largest absolute Gasteiger partial charge is 0.477 e. The van der Waals surface area contributed by atoms with Crippen molar-refractivity contribution in [2.24, 2.45) is 0 Å². The molecule has 2 aromatic rings. The van der Waals surface area contributed by atoms with Gasteiger partial charge in [0.25, 0.3) is 0 Å². The van der Waals surface area contributed by atoms with Gasteiger partial charge in [-0.1, -0.05) is 23.2 Å². The molecule has 0 aliphatic carbocycles. The van der Waals surface area contributed by atoms with Crippen LogP contribution in [0.25, 0.3) is 10.9 Å². The standard InChI is InChI=1S/C11H7Cl2NO3/c1-4-8(11(16)17)14-9-5(10(4)15)2-3-6(12)7(9)13/h2-3H,1H3,(H,14,15)(H,16,17). The van der Waals surface area contributed by atoms with Gasteiger partial charge >= 0.3 is 5.97 Å². The molecule has 0 aliphatic heterocycles. The zero-order chi connectivity index (χ0) is 12.7. The fourth-order valence-corrected chi connectivity index (χ4v) is 1.98. The van der Waals surface area contributed by atoms with E-state index in [1.165, 1.54) is 19.1 Å². The molecule has 2 N–H and O–H groups in total. The van der Waals surface area contributed by atoms with Crippen molar-refractivity contribution >= 4 is 40.1 Å². The van der Waals surface area contributed by atoms with Crippen molar-refractivity contribution in [1.82, 2.24) is 4.98 Å². The molecule has 0 spiro atoms. The minimum absolute atomic E-state index is 0.142. The van der Waals surface area contributed by atoms with Crippen LogP contribution in [-0.4, -0.2) is 16.1 Å². The number of rotatable bonds is 1. The van der Waals surface area contributed by atoms with Gasteiger partial charge in [0.05, 0.1) is 15.6 Å². The molecule has 0 bridgehead atoms. The van der Waals surface area contributed by atoms with Gasteiger partial charge in [-0.2, -0.15) is 0 Å². The number of H-pyrrole nitrogens is 1. The Morgan fingerprint density at radius 3 is 2.59 bits per heavy atom. The highest BCUT2D eigenvalue weighted by atomic mass is 35.5. The van der Waals surface area contributed by atoms with Crippen LogP contribution in [-0.2, 0) is 0 Å². The monoisotopic (exact) mass is 271 g/mol. The van der Waals surface area contributed by atoms with E-state index in [4.69, 9.17) is 28.3 Å². The summed E-state index contributed by atoms with van der Waals surface area (Å²) in [5.41, 5.74) is -0.156. The van der Waals surface area contributed by atoms with Crippen LogP contribution in [0.5, 0.6) is 0 Å². The highest BCUT2D eigenvalue weighted by Gasteiger charge is 2.16. The molecule has 0 radical (unpaired) electrons. The Hall–Kier alpha value is -1.52. The topological polar surface area (TPSA) is 70.2 Å². The van der Waals surface area contributed by atoms with Gasteiger partial charge in [0.1, 0.15) is 5.69 Å². The van der Waals surface area contributed by atoms with E-state index in [1.807, 2.05) is 0 Å². The van der Waals surface area contributed by atoms with E-state index in [1.54, 1.807) is 0 Å². The average Bonchev–Trinajstić information content (AvgIpc) is 2.28.